The Kier molecular flexibility index (Phi) is 7.48. The zero-order chi connectivity index (χ0) is 23.9. The lowest BCUT2D eigenvalue weighted by atomic mass is 10.1. The van der Waals surface area contributed by atoms with E-state index in [-0.39, 0.29) is 5.91 Å². The molecule has 0 fully saturated rings. The SMILES string of the molecule is COc1ccc(C(=O)NCCCc2nc3ccccc3n2CCOc2ccc(C)cc2C)cc1. The highest BCUT2D eigenvalue weighted by Gasteiger charge is 2.11. The van der Waals surface area contributed by atoms with E-state index in [9.17, 15) is 4.79 Å². The second-order valence-electron chi connectivity index (χ2n) is 8.37. The van der Waals surface area contributed by atoms with Gasteiger partial charge < -0.3 is 19.4 Å². The molecule has 0 spiro atoms. The summed E-state index contributed by atoms with van der Waals surface area (Å²) < 4.78 is 13.4. The van der Waals surface area contributed by atoms with Crippen molar-refractivity contribution in [2.75, 3.05) is 20.3 Å². The monoisotopic (exact) mass is 457 g/mol. The molecule has 0 atom stereocenters. The Morgan fingerprint density at radius 3 is 2.59 bits per heavy atom. The van der Waals surface area contributed by atoms with Gasteiger partial charge in [-0.05, 0) is 68.3 Å². The first-order valence-corrected chi connectivity index (χ1v) is 11.6. The molecule has 3 aromatic carbocycles. The third kappa shape index (κ3) is 5.57. The lowest BCUT2D eigenvalue weighted by Crippen LogP contribution is -2.25. The summed E-state index contributed by atoms with van der Waals surface area (Å²) in [6.07, 6.45) is 1.56. The highest BCUT2D eigenvalue weighted by molar-refractivity contribution is 5.94. The van der Waals surface area contributed by atoms with Crippen LogP contribution in [0.15, 0.2) is 66.7 Å². The Bertz CT molecular complexity index is 1260. The fourth-order valence-corrected chi connectivity index (χ4v) is 4.07. The van der Waals surface area contributed by atoms with Gasteiger partial charge in [-0.1, -0.05) is 29.8 Å². The number of aryl methyl sites for hydroxylation is 3. The van der Waals surface area contributed by atoms with Crippen molar-refractivity contribution in [3.63, 3.8) is 0 Å². The van der Waals surface area contributed by atoms with E-state index in [4.69, 9.17) is 14.5 Å². The number of hydrogen-bond acceptors (Lipinski definition) is 4. The maximum atomic E-state index is 12.4. The summed E-state index contributed by atoms with van der Waals surface area (Å²) in [4.78, 5) is 17.2. The molecule has 0 saturated heterocycles. The highest BCUT2D eigenvalue weighted by atomic mass is 16.5. The molecule has 1 heterocycles. The van der Waals surface area contributed by atoms with Crippen LogP contribution in [0, 0.1) is 13.8 Å². The number of ether oxygens (including phenoxy) is 2. The number of nitrogens with zero attached hydrogens (tertiary/aromatic N) is 2. The maximum Gasteiger partial charge on any atom is 0.251 e. The van der Waals surface area contributed by atoms with E-state index in [2.05, 4.69) is 41.9 Å². The number of benzene rings is 3. The number of nitrogens with one attached hydrogen (secondary N) is 1. The van der Waals surface area contributed by atoms with E-state index in [1.54, 1.807) is 31.4 Å². The van der Waals surface area contributed by atoms with Crippen molar-refractivity contribution in [1.82, 2.24) is 14.9 Å². The van der Waals surface area contributed by atoms with E-state index in [1.807, 2.05) is 24.3 Å². The minimum atomic E-state index is -0.0852. The Morgan fingerprint density at radius 1 is 1.03 bits per heavy atom. The van der Waals surface area contributed by atoms with Gasteiger partial charge in [0.15, 0.2) is 0 Å². The maximum absolute atomic E-state index is 12.4. The molecule has 4 rings (SSSR count). The topological polar surface area (TPSA) is 65.4 Å². The molecule has 1 amide bonds. The lowest BCUT2D eigenvalue weighted by molar-refractivity contribution is 0.0953. The van der Waals surface area contributed by atoms with E-state index in [0.29, 0.717) is 25.3 Å². The van der Waals surface area contributed by atoms with Crippen molar-refractivity contribution in [2.45, 2.75) is 33.2 Å². The fraction of sp³-hybridized carbons (Fsp3) is 0.286. The summed E-state index contributed by atoms with van der Waals surface area (Å²) in [7, 11) is 1.61. The molecule has 0 saturated carbocycles. The van der Waals surface area contributed by atoms with Crippen molar-refractivity contribution in [3.05, 3.63) is 89.2 Å². The van der Waals surface area contributed by atoms with Gasteiger partial charge in [0.2, 0.25) is 0 Å². The number of carbonyl (C=O) groups excluding carboxylic acids is 1. The Labute approximate surface area is 200 Å². The molecule has 0 radical (unpaired) electrons. The van der Waals surface area contributed by atoms with Gasteiger partial charge in [-0.3, -0.25) is 4.79 Å². The first-order chi connectivity index (χ1) is 16.5. The second kappa shape index (κ2) is 10.9. The minimum absolute atomic E-state index is 0.0852. The van der Waals surface area contributed by atoms with Crippen LogP contribution < -0.4 is 14.8 Å². The Morgan fingerprint density at radius 2 is 1.82 bits per heavy atom. The smallest absolute Gasteiger partial charge is 0.251 e. The number of aromatic nitrogens is 2. The van der Waals surface area contributed by atoms with E-state index in [0.717, 1.165) is 46.8 Å². The summed E-state index contributed by atoms with van der Waals surface area (Å²) >= 11 is 0. The van der Waals surface area contributed by atoms with Gasteiger partial charge >= 0.3 is 0 Å². The minimum Gasteiger partial charge on any atom is -0.497 e. The van der Waals surface area contributed by atoms with Crippen LogP contribution >= 0.6 is 0 Å². The largest absolute Gasteiger partial charge is 0.497 e. The Balaban J connectivity index is 1.36. The fourth-order valence-electron chi connectivity index (χ4n) is 4.07. The van der Waals surface area contributed by atoms with Crippen LogP contribution in [-0.4, -0.2) is 35.7 Å². The van der Waals surface area contributed by atoms with Gasteiger partial charge in [-0.15, -0.1) is 0 Å². The first-order valence-electron chi connectivity index (χ1n) is 11.6. The van der Waals surface area contributed by atoms with Gasteiger partial charge in [0, 0.05) is 18.5 Å². The second-order valence-corrected chi connectivity index (χ2v) is 8.37. The van der Waals surface area contributed by atoms with Gasteiger partial charge in [-0.25, -0.2) is 4.98 Å². The van der Waals surface area contributed by atoms with E-state index in [1.165, 1.54) is 5.56 Å². The molecule has 1 aromatic heterocycles. The third-order valence-corrected chi connectivity index (χ3v) is 5.85. The van der Waals surface area contributed by atoms with Gasteiger partial charge in [-0.2, -0.15) is 0 Å². The van der Waals surface area contributed by atoms with Gasteiger partial charge in [0.1, 0.15) is 23.9 Å². The summed E-state index contributed by atoms with van der Waals surface area (Å²) in [6.45, 7) is 6.00. The third-order valence-electron chi connectivity index (χ3n) is 5.85. The lowest BCUT2D eigenvalue weighted by Gasteiger charge is -2.13. The van der Waals surface area contributed by atoms with Crippen LogP contribution in [0.3, 0.4) is 0 Å². The van der Waals surface area contributed by atoms with Crippen LogP contribution in [0.5, 0.6) is 11.5 Å². The van der Waals surface area contributed by atoms with Crippen LogP contribution in [0.25, 0.3) is 11.0 Å². The standard InChI is InChI=1S/C28H31N3O3/c1-20-10-15-26(21(2)19-20)34-18-17-31-25-8-5-4-7-24(25)30-27(31)9-6-16-29-28(32)22-11-13-23(33-3)14-12-22/h4-5,7-8,10-15,19H,6,9,16-18H2,1-3H3,(H,29,32). The van der Waals surface area contributed by atoms with Crippen LogP contribution in [0.1, 0.15) is 33.7 Å². The average molecular weight is 458 g/mol. The molecule has 4 aromatic rings. The number of fused-ring (bicyclic) bond motifs is 1. The molecule has 6 nitrogen and oxygen atoms in total. The van der Waals surface area contributed by atoms with Gasteiger partial charge in [0.25, 0.3) is 5.91 Å². The van der Waals surface area contributed by atoms with E-state index < -0.39 is 0 Å². The number of methoxy groups -OCH3 is 1. The highest BCUT2D eigenvalue weighted by Crippen LogP contribution is 2.20. The molecule has 0 aliphatic heterocycles. The molecule has 0 bridgehead atoms. The molecule has 34 heavy (non-hydrogen) atoms. The molecular weight excluding hydrogens is 426 g/mol. The normalized spacial score (nSPS) is 10.9. The molecule has 0 aliphatic carbocycles. The summed E-state index contributed by atoms with van der Waals surface area (Å²) in [5.74, 6) is 2.57. The quantitative estimate of drug-likeness (QED) is 0.336. The number of carbonyl (C=O) groups is 1. The van der Waals surface area contributed by atoms with E-state index >= 15 is 0 Å². The van der Waals surface area contributed by atoms with Crippen molar-refractivity contribution in [1.29, 1.82) is 0 Å². The summed E-state index contributed by atoms with van der Waals surface area (Å²) in [5, 5.41) is 2.99. The first kappa shape index (κ1) is 23.4. The predicted octanol–water partition coefficient (Wildman–Crippen LogP) is 5.10. The van der Waals surface area contributed by atoms with Crippen molar-refractivity contribution in [3.8, 4) is 11.5 Å². The molecule has 0 aliphatic rings. The Hall–Kier alpha value is -3.80. The zero-order valence-corrected chi connectivity index (χ0v) is 20.0. The molecule has 176 valence electrons. The van der Waals surface area contributed by atoms with Crippen molar-refractivity contribution < 1.29 is 14.3 Å². The average Bonchev–Trinajstić information content (AvgIpc) is 3.20. The zero-order valence-electron chi connectivity index (χ0n) is 20.0. The number of hydrogen-bond donors (Lipinski definition) is 1. The van der Waals surface area contributed by atoms with Gasteiger partial charge in [0.05, 0.1) is 24.7 Å². The molecular formula is C28H31N3O3. The predicted molar refractivity (Wildman–Crippen MR) is 135 cm³/mol. The summed E-state index contributed by atoms with van der Waals surface area (Å²) in [5.41, 5.74) is 5.07. The number of imidazole rings is 1. The molecule has 1 N–H and O–H groups in total. The van der Waals surface area contributed by atoms with Crippen molar-refractivity contribution in [2.24, 2.45) is 0 Å². The van der Waals surface area contributed by atoms with Crippen LogP contribution in [-0.2, 0) is 13.0 Å². The summed E-state index contributed by atoms with van der Waals surface area (Å²) in [6, 6.07) is 21.5. The van der Waals surface area contributed by atoms with Crippen LogP contribution in [0.4, 0.5) is 0 Å². The number of rotatable bonds is 10. The number of para-hydroxylation sites is 2. The molecule has 0 unspecified atom stereocenters. The molecule has 6 heteroatoms. The van der Waals surface area contributed by atoms with Crippen LogP contribution in [0.2, 0.25) is 0 Å². The van der Waals surface area contributed by atoms with Crippen molar-refractivity contribution >= 4 is 16.9 Å². The number of amides is 1.